The van der Waals surface area contributed by atoms with Crippen molar-refractivity contribution in [3.05, 3.63) is 36.8 Å². The molecule has 0 unspecified atom stereocenters. The van der Waals surface area contributed by atoms with E-state index in [2.05, 4.69) is 58.1 Å². The number of morpholine rings is 1. The van der Waals surface area contributed by atoms with E-state index in [0.29, 0.717) is 25.9 Å². The van der Waals surface area contributed by atoms with E-state index in [1.165, 1.54) is 0 Å². The zero-order valence-electron chi connectivity index (χ0n) is 30.2. The SMILES string of the molecule is CC(C)(C)OC(=O)N1CC2(CCC(Cn3ncc4cc(-c5cc6c(N7CCOCC7)ncnc6n5COCC[Si](C)(C)C)ccc43)CC2)C1. The van der Waals surface area contributed by atoms with Gasteiger partial charge in [-0.3, -0.25) is 4.68 Å². The van der Waals surface area contributed by atoms with E-state index in [4.69, 9.17) is 29.3 Å². The van der Waals surface area contributed by atoms with E-state index in [0.717, 1.165) is 110 Å². The minimum Gasteiger partial charge on any atom is -0.444 e. The Labute approximate surface area is 290 Å². The third-order valence-electron chi connectivity index (χ3n) is 10.4. The number of nitrogens with zero attached hydrogens (tertiary/aromatic N) is 7. The maximum atomic E-state index is 12.5. The summed E-state index contributed by atoms with van der Waals surface area (Å²) in [6, 6.07) is 10.0. The fraction of sp³-hybridized carbons (Fsp3) is 0.622. The molecule has 3 fully saturated rings. The molecule has 0 radical (unpaired) electrons. The number of hydrogen-bond donors (Lipinski definition) is 0. The molecule has 7 rings (SSSR count). The van der Waals surface area contributed by atoms with Gasteiger partial charge in [0, 0.05) is 58.2 Å². The molecule has 1 aromatic carbocycles. The van der Waals surface area contributed by atoms with Gasteiger partial charge in [-0.2, -0.15) is 5.10 Å². The maximum Gasteiger partial charge on any atom is 0.410 e. The molecule has 0 bridgehead atoms. The number of ether oxygens (including phenoxy) is 3. The van der Waals surface area contributed by atoms with Crippen molar-refractivity contribution in [2.75, 3.05) is 50.9 Å². The summed E-state index contributed by atoms with van der Waals surface area (Å²) in [7, 11) is -1.21. The summed E-state index contributed by atoms with van der Waals surface area (Å²) in [5.74, 6) is 1.54. The number of anilines is 1. The molecular formula is C37H53N7O4Si. The van der Waals surface area contributed by atoms with Crippen LogP contribution in [-0.2, 0) is 27.5 Å². The summed E-state index contributed by atoms with van der Waals surface area (Å²) in [5, 5.41) is 7.04. The van der Waals surface area contributed by atoms with Crippen molar-refractivity contribution in [2.24, 2.45) is 11.3 Å². The third-order valence-corrected chi connectivity index (χ3v) is 12.1. The molecule has 3 aromatic heterocycles. The Balaban J connectivity index is 1.07. The lowest BCUT2D eigenvalue weighted by molar-refractivity contribution is -0.0551. The second-order valence-electron chi connectivity index (χ2n) is 16.7. The highest BCUT2D eigenvalue weighted by molar-refractivity contribution is 6.76. The number of fused-ring (bicyclic) bond motifs is 2. The van der Waals surface area contributed by atoms with Gasteiger partial charge in [-0.05, 0) is 82.2 Å². The number of benzene rings is 1. The molecule has 1 saturated carbocycles. The summed E-state index contributed by atoms with van der Waals surface area (Å²) < 4.78 is 21.9. The summed E-state index contributed by atoms with van der Waals surface area (Å²) in [6.45, 7) is 19.7. The molecule has 2 saturated heterocycles. The van der Waals surface area contributed by atoms with Gasteiger partial charge in [-0.15, -0.1) is 0 Å². The zero-order valence-corrected chi connectivity index (χ0v) is 31.2. The van der Waals surface area contributed by atoms with Gasteiger partial charge in [0.2, 0.25) is 0 Å². The lowest BCUT2D eigenvalue weighted by Crippen LogP contribution is -2.60. The van der Waals surface area contributed by atoms with Gasteiger partial charge in [0.25, 0.3) is 0 Å². The van der Waals surface area contributed by atoms with Crippen LogP contribution in [0.4, 0.5) is 10.6 Å². The molecule has 1 amide bonds. The molecule has 5 heterocycles. The molecule has 1 aliphatic carbocycles. The van der Waals surface area contributed by atoms with Gasteiger partial charge in [-0.1, -0.05) is 25.7 Å². The standard InChI is InChI=1S/C37H53N7O4Si/c1-36(2,3)48-35(45)42-23-37(24-42)11-9-27(10-12-37)22-44-31-8-7-28(19-29(31)21-40-44)32-20-30-33(41-13-15-46-16-14-41)38-25-39-34(30)43(32)26-47-17-18-49(4,5)6/h7-8,19-21,25,27H,9-18,22-24,26H2,1-6H3. The van der Waals surface area contributed by atoms with Gasteiger partial charge in [-0.25, -0.2) is 14.8 Å². The maximum absolute atomic E-state index is 12.5. The molecule has 12 heteroatoms. The second-order valence-corrected chi connectivity index (χ2v) is 22.3. The van der Waals surface area contributed by atoms with E-state index >= 15 is 0 Å². The molecule has 11 nitrogen and oxygen atoms in total. The number of aromatic nitrogens is 5. The van der Waals surface area contributed by atoms with Crippen LogP contribution in [0.25, 0.3) is 33.2 Å². The van der Waals surface area contributed by atoms with Crippen molar-refractivity contribution in [1.82, 2.24) is 29.2 Å². The molecule has 0 atom stereocenters. The van der Waals surface area contributed by atoms with Crippen LogP contribution in [0, 0.1) is 11.3 Å². The predicted octanol–water partition coefficient (Wildman–Crippen LogP) is 7.02. The fourth-order valence-corrected chi connectivity index (χ4v) is 8.38. The highest BCUT2D eigenvalue weighted by Gasteiger charge is 2.48. The van der Waals surface area contributed by atoms with Crippen LogP contribution in [0.3, 0.4) is 0 Å². The second kappa shape index (κ2) is 13.3. The minimum absolute atomic E-state index is 0.178. The Hall–Kier alpha value is -3.48. The first-order chi connectivity index (χ1) is 23.4. The smallest absolute Gasteiger partial charge is 0.410 e. The van der Waals surface area contributed by atoms with E-state index in [-0.39, 0.29) is 11.5 Å². The van der Waals surface area contributed by atoms with Crippen LogP contribution in [0.5, 0.6) is 0 Å². The lowest BCUT2D eigenvalue weighted by atomic mass is 9.66. The molecule has 49 heavy (non-hydrogen) atoms. The number of rotatable bonds is 9. The van der Waals surface area contributed by atoms with Gasteiger partial charge in [0.15, 0.2) is 0 Å². The third kappa shape index (κ3) is 7.51. The molecular weight excluding hydrogens is 635 g/mol. The van der Waals surface area contributed by atoms with Crippen molar-refractivity contribution >= 4 is 41.9 Å². The Morgan fingerprint density at radius 3 is 2.53 bits per heavy atom. The minimum atomic E-state index is -1.21. The number of hydrogen-bond acceptors (Lipinski definition) is 8. The largest absolute Gasteiger partial charge is 0.444 e. The van der Waals surface area contributed by atoms with Crippen molar-refractivity contribution in [3.63, 3.8) is 0 Å². The van der Waals surface area contributed by atoms with Crippen LogP contribution in [0.2, 0.25) is 25.7 Å². The summed E-state index contributed by atoms with van der Waals surface area (Å²) in [4.78, 5) is 26.2. The van der Waals surface area contributed by atoms with E-state index in [1.54, 1.807) is 6.33 Å². The first-order valence-electron chi connectivity index (χ1n) is 18.1. The van der Waals surface area contributed by atoms with Crippen molar-refractivity contribution in [3.8, 4) is 11.3 Å². The summed E-state index contributed by atoms with van der Waals surface area (Å²) in [5.41, 5.74) is 4.05. The zero-order chi connectivity index (χ0) is 34.4. The highest BCUT2D eigenvalue weighted by atomic mass is 28.3. The molecule has 0 N–H and O–H groups in total. The van der Waals surface area contributed by atoms with Crippen molar-refractivity contribution < 1.29 is 19.0 Å². The van der Waals surface area contributed by atoms with Gasteiger partial charge >= 0.3 is 6.09 Å². The summed E-state index contributed by atoms with van der Waals surface area (Å²) in [6.07, 6.45) is 8.13. The van der Waals surface area contributed by atoms with Crippen LogP contribution in [0.1, 0.15) is 46.5 Å². The average molecular weight is 688 g/mol. The molecule has 2 aliphatic heterocycles. The van der Waals surface area contributed by atoms with Crippen LogP contribution >= 0.6 is 0 Å². The van der Waals surface area contributed by atoms with Crippen LogP contribution < -0.4 is 4.90 Å². The Morgan fingerprint density at radius 2 is 1.82 bits per heavy atom. The number of carbonyl (C=O) groups excluding carboxylic acids is 1. The van der Waals surface area contributed by atoms with Gasteiger partial charge in [0.1, 0.15) is 30.1 Å². The Bertz CT molecular complexity index is 1780. The molecule has 264 valence electrons. The topological polar surface area (TPSA) is 99.8 Å². The van der Waals surface area contributed by atoms with Gasteiger partial charge < -0.3 is 28.6 Å². The lowest BCUT2D eigenvalue weighted by Gasteiger charge is -2.53. The normalized spacial score (nSPS) is 18.8. The first-order valence-corrected chi connectivity index (χ1v) is 21.8. The number of carbonyl (C=O) groups is 1. The average Bonchev–Trinajstić information content (AvgIpc) is 3.62. The monoisotopic (exact) mass is 687 g/mol. The van der Waals surface area contributed by atoms with Crippen LogP contribution in [-0.4, -0.2) is 95.0 Å². The van der Waals surface area contributed by atoms with Crippen molar-refractivity contribution in [1.29, 1.82) is 0 Å². The van der Waals surface area contributed by atoms with E-state index in [9.17, 15) is 4.79 Å². The van der Waals surface area contributed by atoms with E-state index < -0.39 is 13.7 Å². The molecule has 1 spiro atoms. The predicted molar refractivity (Wildman–Crippen MR) is 196 cm³/mol. The highest BCUT2D eigenvalue weighted by Crippen LogP contribution is 2.46. The van der Waals surface area contributed by atoms with Crippen LogP contribution in [0.15, 0.2) is 36.8 Å². The fourth-order valence-electron chi connectivity index (χ4n) is 7.63. The first kappa shape index (κ1) is 34.0. The molecule has 3 aliphatic rings. The summed E-state index contributed by atoms with van der Waals surface area (Å²) >= 11 is 0. The molecule has 4 aromatic rings. The Kier molecular flexibility index (Phi) is 9.25. The quantitative estimate of drug-likeness (QED) is 0.137. The Morgan fingerprint density at radius 1 is 1.06 bits per heavy atom. The van der Waals surface area contributed by atoms with Gasteiger partial charge in [0.05, 0.1) is 36.0 Å². The number of likely N-dealkylation sites (tertiary alicyclic amines) is 1. The number of amides is 1. The van der Waals surface area contributed by atoms with Crippen molar-refractivity contribution in [2.45, 2.75) is 91.0 Å². The van der Waals surface area contributed by atoms with E-state index in [1.807, 2.05) is 31.9 Å².